The molecule has 2 heterocycles. The van der Waals surface area contributed by atoms with E-state index in [9.17, 15) is 45.6 Å². The van der Waals surface area contributed by atoms with Crippen molar-refractivity contribution < 1.29 is 64.6 Å². The molecule has 0 aromatic heterocycles. The van der Waals surface area contributed by atoms with Gasteiger partial charge in [0.1, 0.15) is 48.8 Å². The van der Waals surface area contributed by atoms with Gasteiger partial charge in [0.15, 0.2) is 12.6 Å². The van der Waals surface area contributed by atoms with Crippen LogP contribution < -0.4 is 5.32 Å². The minimum absolute atomic E-state index is 0.206. The molecule has 1 amide bonds. The molecule has 2 saturated heterocycles. The van der Waals surface area contributed by atoms with Crippen LogP contribution >= 0.6 is 0 Å². The average Bonchev–Trinajstić information content (AvgIpc) is 2.50. The third-order valence-electron chi connectivity index (χ3n) is 18.1. The Kier molecular flexibility index (Phi) is 54.3. The van der Waals surface area contributed by atoms with Crippen molar-refractivity contribution in [2.24, 2.45) is 0 Å². The number of aliphatic hydroxyl groups excluding tert-OH is 8. The topological polar surface area (TPSA) is 228 Å². The Hall–Kier alpha value is -1.79. The quantitative estimate of drug-likeness (QED) is 0.0204. The highest BCUT2D eigenvalue weighted by atomic mass is 16.7. The molecule has 0 saturated carbocycles. The Morgan fingerprint density at radius 3 is 1.16 bits per heavy atom. The van der Waals surface area contributed by atoms with Crippen LogP contribution in [0.3, 0.4) is 0 Å². The van der Waals surface area contributed by atoms with E-state index in [2.05, 4.69) is 55.6 Å². The van der Waals surface area contributed by atoms with Crippen molar-refractivity contribution in [3.8, 4) is 0 Å². The van der Waals surface area contributed by atoms with Crippen LogP contribution in [0.2, 0.25) is 0 Å². The summed E-state index contributed by atoms with van der Waals surface area (Å²) < 4.78 is 22.9. The van der Waals surface area contributed by atoms with Crippen molar-refractivity contribution in [1.82, 2.24) is 5.32 Å². The number of rotatable bonds is 61. The molecule has 2 aliphatic heterocycles. The summed E-state index contributed by atoms with van der Waals surface area (Å²) >= 11 is 0. The van der Waals surface area contributed by atoms with Crippen LogP contribution in [0.5, 0.6) is 0 Å². The van der Waals surface area contributed by atoms with Crippen LogP contribution in [-0.4, -0.2) is 140 Å². The van der Waals surface area contributed by atoms with Gasteiger partial charge in [-0.3, -0.25) is 4.79 Å². The largest absolute Gasteiger partial charge is 0.394 e. The first kappa shape index (κ1) is 81.3. The smallest absolute Gasteiger partial charge is 0.220 e. The summed E-state index contributed by atoms with van der Waals surface area (Å²) in [4.78, 5) is 13.4. The standard InChI is InChI=1S/C73H137NO13/c1-3-5-7-9-11-13-15-17-19-21-23-25-27-29-30-31-33-34-36-38-40-42-44-46-48-50-52-54-56-62(77)61(60-84-72-70(83)68(81)71(64(59-76)86-72)87-73-69(82)67(80)66(79)63(58-75)85-73)74-65(78)57-55-53-51-49-47-45-43-41-39-37-35-32-28-26-24-22-20-18-16-14-12-10-8-6-4-2/h16,18,22,24,28,32,61-64,66-73,75-77,79-83H,3-15,17,19-21,23,25-27,29-31,33-60H2,1-2H3,(H,74,78)/b18-16-,24-22-,32-28-. The number of carbonyl (C=O) groups excluding carboxylic acids is 1. The predicted molar refractivity (Wildman–Crippen MR) is 355 cm³/mol. The molecule has 12 unspecified atom stereocenters. The zero-order chi connectivity index (χ0) is 63.1. The summed E-state index contributed by atoms with van der Waals surface area (Å²) in [5, 5.41) is 87.7. The molecule has 2 rings (SSSR count). The van der Waals surface area contributed by atoms with Crippen molar-refractivity contribution in [2.45, 2.75) is 402 Å². The predicted octanol–water partition coefficient (Wildman–Crippen LogP) is 15.3. The van der Waals surface area contributed by atoms with Crippen LogP contribution in [0.15, 0.2) is 36.5 Å². The van der Waals surface area contributed by atoms with E-state index < -0.39 is 86.8 Å². The molecule has 0 radical (unpaired) electrons. The third-order valence-corrected chi connectivity index (χ3v) is 18.1. The van der Waals surface area contributed by atoms with Gasteiger partial charge in [0.25, 0.3) is 0 Å². The number of aliphatic hydroxyl groups is 8. The number of allylic oxidation sites excluding steroid dienone is 6. The van der Waals surface area contributed by atoms with E-state index in [4.69, 9.17) is 18.9 Å². The molecule has 2 fully saturated rings. The number of carbonyl (C=O) groups is 1. The van der Waals surface area contributed by atoms with Gasteiger partial charge in [-0.05, 0) is 51.4 Å². The first-order chi connectivity index (χ1) is 42.6. The molecule has 0 aliphatic carbocycles. The van der Waals surface area contributed by atoms with E-state index in [1.807, 2.05) is 0 Å². The molecule has 0 aromatic rings. The maximum atomic E-state index is 13.4. The minimum atomic E-state index is -1.78. The van der Waals surface area contributed by atoms with Gasteiger partial charge in [-0.1, -0.05) is 307 Å². The highest BCUT2D eigenvalue weighted by Gasteiger charge is 2.51. The SMILES string of the molecule is CCCCCCC/C=C\C/C=C\C/C=C\CCCCCCCCCCCCC(=O)NC(COC1OC(CO)C(OC2OC(CO)C(O)C(O)C2O)C(O)C1O)C(O)CCCCCCCCCCCCCCCCCCCCCCCCCCCCCC. The summed E-state index contributed by atoms with van der Waals surface area (Å²) in [6.45, 7) is 2.90. The Morgan fingerprint density at radius 2 is 0.759 bits per heavy atom. The first-order valence-corrected chi connectivity index (χ1v) is 36.7. The van der Waals surface area contributed by atoms with Gasteiger partial charge < -0.3 is 65.1 Å². The van der Waals surface area contributed by atoms with Crippen LogP contribution in [-0.2, 0) is 23.7 Å². The zero-order valence-corrected chi connectivity index (χ0v) is 55.8. The fourth-order valence-corrected chi connectivity index (χ4v) is 12.2. The average molecular weight is 1240 g/mol. The van der Waals surface area contributed by atoms with Crippen molar-refractivity contribution >= 4 is 5.91 Å². The normalized spacial score (nSPS) is 23.4. The number of hydrogen-bond donors (Lipinski definition) is 9. The fraction of sp³-hybridized carbons (Fsp3) is 0.904. The van der Waals surface area contributed by atoms with Crippen LogP contribution in [0, 0.1) is 0 Å². The molecule has 0 aromatic carbocycles. The summed E-state index contributed by atoms with van der Waals surface area (Å²) in [5.41, 5.74) is 0. The Morgan fingerprint density at radius 1 is 0.414 bits per heavy atom. The van der Waals surface area contributed by atoms with Crippen LogP contribution in [0.1, 0.15) is 328 Å². The van der Waals surface area contributed by atoms with Gasteiger partial charge in [-0.2, -0.15) is 0 Å². The zero-order valence-electron chi connectivity index (χ0n) is 55.8. The third kappa shape index (κ3) is 42.1. The van der Waals surface area contributed by atoms with Gasteiger partial charge in [0, 0.05) is 6.42 Å². The lowest BCUT2D eigenvalue weighted by atomic mass is 9.97. The molecule has 12 atom stereocenters. The van der Waals surface area contributed by atoms with E-state index in [-0.39, 0.29) is 12.5 Å². The summed E-state index contributed by atoms with van der Waals surface area (Å²) in [6, 6.07) is -0.833. The molecule has 512 valence electrons. The molecule has 2 aliphatic rings. The van der Waals surface area contributed by atoms with Gasteiger partial charge in [0.2, 0.25) is 5.91 Å². The van der Waals surface area contributed by atoms with Crippen molar-refractivity contribution in [3.63, 3.8) is 0 Å². The fourth-order valence-electron chi connectivity index (χ4n) is 12.2. The maximum absolute atomic E-state index is 13.4. The molecular formula is C73H137NO13. The summed E-state index contributed by atoms with van der Waals surface area (Å²) in [6.07, 6.45) is 57.3. The second kappa shape index (κ2) is 58.1. The molecule has 9 N–H and O–H groups in total. The minimum Gasteiger partial charge on any atom is -0.394 e. The highest BCUT2D eigenvalue weighted by molar-refractivity contribution is 5.76. The lowest BCUT2D eigenvalue weighted by Gasteiger charge is -2.46. The number of ether oxygens (including phenoxy) is 4. The molecule has 87 heavy (non-hydrogen) atoms. The van der Waals surface area contributed by atoms with Crippen molar-refractivity contribution in [1.29, 1.82) is 0 Å². The Balaban J connectivity index is 1.66. The number of amides is 1. The number of unbranched alkanes of at least 4 members (excludes halogenated alkanes) is 42. The second-order valence-electron chi connectivity index (χ2n) is 26.1. The Bertz CT molecular complexity index is 1600. The van der Waals surface area contributed by atoms with E-state index in [1.54, 1.807) is 0 Å². The monoisotopic (exact) mass is 1240 g/mol. The van der Waals surface area contributed by atoms with E-state index in [0.717, 1.165) is 70.6 Å². The lowest BCUT2D eigenvalue weighted by Crippen LogP contribution is -2.65. The summed E-state index contributed by atoms with van der Waals surface area (Å²) in [5.74, 6) is -0.206. The molecule has 14 heteroatoms. The van der Waals surface area contributed by atoms with Crippen LogP contribution in [0.4, 0.5) is 0 Å². The molecular weight excluding hydrogens is 1100 g/mol. The number of nitrogens with one attached hydrogen (secondary N) is 1. The van der Waals surface area contributed by atoms with Crippen LogP contribution in [0.25, 0.3) is 0 Å². The highest BCUT2D eigenvalue weighted by Crippen LogP contribution is 2.30. The van der Waals surface area contributed by atoms with E-state index in [1.165, 1.54) is 231 Å². The van der Waals surface area contributed by atoms with Crippen molar-refractivity contribution in [2.75, 3.05) is 19.8 Å². The van der Waals surface area contributed by atoms with Gasteiger partial charge in [0.05, 0.1) is 32.0 Å². The van der Waals surface area contributed by atoms with Crippen molar-refractivity contribution in [3.05, 3.63) is 36.5 Å². The Labute approximate surface area is 531 Å². The van der Waals surface area contributed by atoms with E-state index >= 15 is 0 Å². The maximum Gasteiger partial charge on any atom is 0.220 e. The van der Waals surface area contributed by atoms with Gasteiger partial charge >= 0.3 is 0 Å². The second-order valence-corrected chi connectivity index (χ2v) is 26.1. The summed E-state index contributed by atoms with van der Waals surface area (Å²) in [7, 11) is 0. The first-order valence-electron chi connectivity index (χ1n) is 36.7. The lowest BCUT2D eigenvalue weighted by molar-refractivity contribution is -0.359. The molecule has 14 nitrogen and oxygen atoms in total. The van der Waals surface area contributed by atoms with E-state index in [0.29, 0.717) is 12.8 Å². The molecule has 0 spiro atoms. The number of hydrogen-bond acceptors (Lipinski definition) is 13. The van der Waals surface area contributed by atoms with Gasteiger partial charge in [-0.25, -0.2) is 0 Å². The van der Waals surface area contributed by atoms with Gasteiger partial charge in [-0.15, -0.1) is 0 Å². The molecule has 0 bridgehead atoms.